The van der Waals surface area contributed by atoms with Crippen LogP contribution in [-0.2, 0) is 9.84 Å². The van der Waals surface area contributed by atoms with Crippen molar-refractivity contribution < 1.29 is 8.42 Å². The van der Waals surface area contributed by atoms with Crippen LogP contribution in [0.3, 0.4) is 0 Å². The smallest absolute Gasteiger partial charge is 0.175 e. The lowest BCUT2D eigenvalue weighted by atomic mass is 9.96. The Labute approximate surface area is 115 Å². The number of aryl methyl sites for hydroxylation is 1. The van der Waals surface area contributed by atoms with Gasteiger partial charge in [-0.25, -0.2) is 8.42 Å². The van der Waals surface area contributed by atoms with Crippen molar-refractivity contribution in [3.63, 3.8) is 0 Å². The molecule has 5 heteroatoms. The number of hydrogen-bond acceptors (Lipinski definition) is 4. The fourth-order valence-corrected chi connectivity index (χ4v) is 3.60. The van der Waals surface area contributed by atoms with Crippen LogP contribution >= 0.6 is 0 Å². The molecule has 1 heterocycles. The van der Waals surface area contributed by atoms with Crippen LogP contribution in [0.2, 0.25) is 0 Å². The summed E-state index contributed by atoms with van der Waals surface area (Å²) in [5.74, 6) is 0.531. The zero-order valence-electron chi connectivity index (χ0n) is 11.8. The average molecular weight is 282 g/mol. The number of rotatable bonds is 3. The second-order valence-corrected chi connectivity index (χ2v) is 7.60. The summed E-state index contributed by atoms with van der Waals surface area (Å²) < 4.78 is 23.1. The van der Waals surface area contributed by atoms with E-state index < -0.39 is 9.84 Å². The molecular weight excluding hydrogens is 260 g/mol. The van der Waals surface area contributed by atoms with Crippen molar-refractivity contribution in [2.45, 2.75) is 24.3 Å². The first-order chi connectivity index (χ1) is 8.82. The molecule has 0 saturated carbocycles. The Bertz CT molecular complexity index is 569. The van der Waals surface area contributed by atoms with Gasteiger partial charge in [-0.05, 0) is 56.1 Å². The molecule has 19 heavy (non-hydrogen) atoms. The summed E-state index contributed by atoms with van der Waals surface area (Å²) in [5.41, 5.74) is 8.00. The van der Waals surface area contributed by atoms with Crippen molar-refractivity contribution in [1.29, 1.82) is 0 Å². The van der Waals surface area contributed by atoms with Gasteiger partial charge in [-0.15, -0.1) is 0 Å². The van der Waals surface area contributed by atoms with E-state index in [0.29, 0.717) is 23.4 Å². The van der Waals surface area contributed by atoms with Gasteiger partial charge in [0.15, 0.2) is 9.84 Å². The highest BCUT2D eigenvalue weighted by molar-refractivity contribution is 7.90. The molecule has 1 aliphatic heterocycles. The highest BCUT2D eigenvalue weighted by Gasteiger charge is 2.30. The van der Waals surface area contributed by atoms with Crippen LogP contribution in [0.5, 0.6) is 0 Å². The molecule has 0 aliphatic carbocycles. The van der Waals surface area contributed by atoms with E-state index in [2.05, 4.69) is 11.9 Å². The third-order valence-corrected chi connectivity index (χ3v) is 5.11. The lowest BCUT2D eigenvalue weighted by Crippen LogP contribution is -2.21. The van der Waals surface area contributed by atoms with Crippen LogP contribution in [0.1, 0.15) is 23.6 Å². The summed E-state index contributed by atoms with van der Waals surface area (Å²) in [6.07, 6.45) is 2.29. The molecule has 2 N–H and O–H groups in total. The Morgan fingerprint density at radius 3 is 2.58 bits per heavy atom. The molecule has 0 aromatic heterocycles. The minimum absolute atomic E-state index is 0.349. The molecule has 1 aromatic rings. The quantitative estimate of drug-likeness (QED) is 0.909. The van der Waals surface area contributed by atoms with E-state index in [1.165, 1.54) is 11.8 Å². The van der Waals surface area contributed by atoms with Crippen LogP contribution in [0.25, 0.3) is 0 Å². The topological polar surface area (TPSA) is 63.4 Å². The van der Waals surface area contributed by atoms with Crippen molar-refractivity contribution in [2.75, 3.05) is 26.4 Å². The molecule has 0 amide bonds. The monoisotopic (exact) mass is 282 g/mol. The van der Waals surface area contributed by atoms with Crippen LogP contribution < -0.4 is 5.73 Å². The second kappa shape index (κ2) is 5.23. The molecule has 106 valence electrons. The van der Waals surface area contributed by atoms with Gasteiger partial charge < -0.3 is 5.73 Å². The summed E-state index contributed by atoms with van der Waals surface area (Å²) in [7, 11) is -1.03. The van der Waals surface area contributed by atoms with Gasteiger partial charge in [-0.2, -0.15) is 0 Å². The molecule has 0 radical (unpaired) electrons. The molecule has 2 unspecified atom stereocenters. The summed E-state index contributed by atoms with van der Waals surface area (Å²) in [6.45, 7) is 3.70. The molecule has 1 saturated heterocycles. The molecule has 0 bridgehead atoms. The molecule has 1 aromatic carbocycles. The van der Waals surface area contributed by atoms with Gasteiger partial charge >= 0.3 is 0 Å². The van der Waals surface area contributed by atoms with E-state index in [0.717, 1.165) is 18.5 Å². The number of nitrogens with two attached hydrogens (primary N) is 1. The Hall–Kier alpha value is -0.910. The SMILES string of the molecule is Cc1cc(S(C)(=O)=O)ccc1C1CC(CN)CN1C. The molecule has 2 rings (SSSR count). The minimum atomic E-state index is -3.13. The van der Waals surface area contributed by atoms with Gasteiger partial charge in [0.05, 0.1) is 4.90 Å². The zero-order valence-corrected chi connectivity index (χ0v) is 12.6. The molecular formula is C14H22N2O2S. The third kappa shape index (κ3) is 2.99. The average Bonchev–Trinajstić information content (AvgIpc) is 2.69. The maximum atomic E-state index is 11.6. The lowest BCUT2D eigenvalue weighted by molar-refractivity contribution is 0.313. The van der Waals surface area contributed by atoms with Crippen molar-refractivity contribution in [1.82, 2.24) is 4.90 Å². The van der Waals surface area contributed by atoms with Crippen molar-refractivity contribution in [3.05, 3.63) is 29.3 Å². The Kier molecular flexibility index (Phi) is 3.99. The van der Waals surface area contributed by atoms with Crippen molar-refractivity contribution in [2.24, 2.45) is 11.7 Å². The van der Waals surface area contributed by atoms with E-state index in [1.54, 1.807) is 12.1 Å². The predicted octanol–water partition coefficient (Wildman–Crippen LogP) is 1.35. The molecule has 0 spiro atoms. The van der Waals surface area contributed by atoms with Gasteiger partial charge in [0.2, 0.25) is 0 Å². The molecule has 4 nitrogen and oxygen atoms in total. The third-order valence-electron chi connectivity index (χ3n) is 4.00. The van der Waals surface area contributed by atoms with E-state index in [-0.39, 0.29) is 0 Å². The predicted molar refractivity (Wildman–Crippen MR) is 76.8 cm³/mol. The minimum Gasteiger partial charge on any atom is -0.330 e. The first kappa shape index (κ1) is 14.5. The summed E-state index contributed by atoms with van der Waals surface area (Å²) in [6, 6.07) is 5.78. The number of benzene rings is 1. The number of nitrogens with zero attached hydrogens (tertiary/aromatic N) is 1. The van der Waals surface area contributed by atoms with E-state index in [9.17, 15) is 8.42 Å². The highest BCUT2D eigenvalue weighted by Crippen LogP contribution is 2.35. The Balaban J connectivity index is 2.32. The van der Waals surface area contributed by atoms with Crippen molar-refractivity contribution >= 4 is 9.84 Å². The van der Waals surface area contributed by atoms with E-state index >= 15 is 0 Å². The standard InChI is InChI=1S/C14H22N2O2S/c1-10-6-12(19(3,17)18)4-5-13(10)14-7-11(8-15)9-16(14)2/h4-6,11,14H,7-9,15H2,1-3H3. The first-order valence-corrected chi connectivity index (χ1v) is 8.43. The van der Waals surface area contributed by atoms with E-state index in [4.69, 9.17) is 5.73 Å². The lowest BCUT2D eigenvalue weighted by Gasteiger charge is -2.21. The van der Waals surface area contributed by atoms with Gasteiger partial charge in [0.25, 0.3) is 0 Å². The maximum Gasteiger partial charge on any atom is 0.175 e. The van der Waals surface area contributed by atoms with Gasteiger partial charge in [0, 0.05) is 18.8 Å². The van der Waals surface area contributed by atoms with Crippen LogP contribution in [0.15, 0.2) is 23.1 Å². The Morgan fingerprint density at radius 1 is 1.42 bits per heavy atom. The van der Waals surface area contributed by atoms with Gasteiger partial charge in [-0.3, -0.25) is 4.90 Å². The molecule has 1 aliphatic rings. The van der Waals surface area contributed by atoms with Crippen molar-refractivity contribution in [3.8, 4) is 0 Å². The second-order valence-electron chi connectivity index (χ2n) is 5.58. The summed E-state index contributed by atoms with van der Waals surface area (Å²) >= 11 is 0. The fourth-order valence-electron chi connectivity index (χ4n) is 2.89. The molecule has 1 fully saturated rings. The largest absolute Gasteiger partial charge is 0.330 e. The van der Waals surface area contributed by atoms with Crippen LogP contribution in [0.4, 0.5) is 0 Å². The first-order valence-electron chi connectivity index (χ1n) is 6.54. The van der Waals surface area contributed by atoms with Gasteiger partial charge in [0.1, 0.15) is 0 Å². The fraction of sp³-hybridized carbons (Fsp3) is 0.571. The van der Waals surface area contributed by atoms with Crippen LogP contribution in [-0.4, -0.2) is 39.7 Å². The zero-order chi connectivity index (χ0) is 14.2. The highest BCUT2D eigenvalue weighted by atomic mass is 32.2. The summed E-state index contributed by atoms with van der Waals surface area (Å²) in [4.78, 5) is 2.70. The van der Waals surface area contributed by atoms with Gasteiger partial charge in [-0.1, -0.05) is 6.07 Å². The number of sulfone groups is 1. The Morgan fingerprint density at radius 2 is 2.11 bits per heavy atom. The number of likely N-dealkylation sites (tertiary alicyclic amines) is 1. The normalized spacial score (nSPS) is 24.8. The summed E-state index contributed by atoms with van der Waals surface area (Å²) in [5, 5.41) is 0. The van der Waals surface area contributed by atoms with E-state index in [1.807, 2.05) is 13.0 Å². The number of hydrogen-bond donors (Lipinski definition) is 1. The maximum absolute atomic E-state index is 11.6. The van der Waals surface area contributed by atoms with Crippen LogP contribution in [0, 0.1) is 12.8 Å². The molecule has 2 atom stereocenters.